The second-order valence-corrected chi connectivity index (χ2v) is 7.63. The number of aryl methyl sites for hydroxylation is 1. The van der Waals surface area contributed by atoms with Gasteiger partial charge in [-0.3, -0.25) is 13.9 Å². The van der Waals surface area contributed by atoms with Crippen molar-refractivity contribution in [2.75, 3.05) is 12.0 Å². The molecule has 11 nitrogen and oxygen atoms in total. The van der Waals surface area contributed by atoms with E-state index >= 15 is 0 Å². The molecule has 176 valence electrons. The molecule has 2 aromatic carbocycles. The molecule has 0 bridgehead atoms. The molecule has 2 heterocycles. The van der Waals surface area contributed by atoms with Gasteiger partial charge in [-0.05, 0) is 24.3 Å². The number of aliphatic hydroxyl groups excluding tert-OH is 1. The highest BCUT2D eigenvalue weighted by Gasteiger charge is 2.21. The van der Waals surface area contributed by atoms with Crippen molar-refractivity contribution >= 4 is 23.3 Å². The Morgan fingerprint density at radius 3 is 2.53 bits per heavy atom. The summed E-state index contributed by atoms with van der Waals surface area (Å²) in [7, 11) is 2.88. The number of nitrogens with one attached hydrogen (secondary N) is 1. The number of aliphatic hydroxyl groups is 1. The number of fused-ring (bicyclic) bond motifs is 1. The van der Waals surface area contributed by atoms with Gasteiger partial charge in [-0.2, -0.15) is 10.1 Å². The monoisotopic (exact) mass is 464 g/mol. The predicted molar refractivity (Wildman–Crippen MR) is 127 cm³/mol. The topological polar surface area (TPSA) is 136 Å². The number of imidazole rings is 1. The zero-order valence-corrected chi connectivity index (χ0v) is 18.6. The van der Waals surface area contributed by atoms with Gasteiger partial charge in [-0.1, -0.05) is 30.3 Å². The van der Waals surface area contributed by atoms with Crippen molar-refractivity contribution in [2.24, 2.45) is 19.2 Å². The van der Waals surface area contributed by atoms with Crippen LogP contribution in [0.15, 0.2) is 69.3 Å². The van der Waals surface area contributed by atoms with E-state index < -0.39 is 17.4 Å². The van der Waals surface area contributed by atoms with Crippen LogP contribution in [0.25, 0.3) is 11.2 Å². The lowest BCUT2D eigenvalue weighted by Crippen LogP contribution is -2.38. The Morgan fingerprint density at radius 1 is 1.09 bits per heavy atom. The van der Waals surface area contributed by atoms with Crippen molar-refractivity contribution in [3.63, 3.8) is 0 Å². The number of aromatic nitrogens is 4. The number of hydrogen-bond donors (Lipinski definition) is 3. The summed E-state index contributed by atoms with van der Waals surface area (Å²) in [5, 5.41) is 24.7. The molecule has 4 aromatic rings. The fourth-order valence-electron chi connectivity index (χ4n) is 3.44. The van der Waals surface area contributed by atoms with Gasteiger partial charge in [0.15, 0.2) is 11.2 Å². The van der Waals surface area contributed by atoms with Gasteiger partial charge in [0.25, 0.3) is 5.56 Å². The molecule has 1 unspecified atom stereocenters. The van der Waals surface area contributed by atoms with E-state index in [4.69, 9.17) is 4.74 Å². The van der Waals surface area contributed by atoms with Crippen LogP contribution >= 0.6 is 0 Å². The first-order valence-electron chi connectivity index (χ1n) is 10.5. The van der Waals surface area contributed by atoms with Crippen molar-refractivity contribution in [1.82, 2.24) is 18.7 Å². The fraction of sp³-hybridized carbons (Fsp3) is 0.217. The molecule has 0 spiro atoms. The Kier molecular flexibility index (Phi) is 6.46. The van der Waals surface area contributed by atoms with Crippen LogP contribution in [-0.2, 0) is 20.6 Å². The second-order valence-electron chi connectivity index (χ2n) is 7.63. The molecule has 0 fully saturated rings. The van der Waals surface area contributed by atoms with E-state index in [1.807, 2.05) is 18.2 Å². The number of para-hydroxylation sites is 2. The van der Waals surface area contributed by atoms with Gasteiger partial charge in [0.1, 0.15) is 24.2 Å². The molecule has 2 aromatic heterocycles. The number of phenolic OH excluding ortho intramolecular Hbond substituents is 1. The SMILES string of the molecule is Cn1c(=O)c2c(nc(N/N=C/c3ccccc3O)n2CC(O)COc2ccccc2)n(C)c1=O. The van der Waals surface area contributed by atoms with E-state index in [1.165, 1.54) is 35.5 Å². The summed E-state index contributed by atoms with van der Waals surface area (Å²) < 4.78 is 9.30. The first-order chi connectivity index (χ1) is 16.4. The second kappa shape index (κ2) is 9.63. The van der Waals surface area contributed by atoms with E-state index in [-0.39, 0.29) is 36.0 Å². The van der Waals surface area contributed by atoms with Gasteiger partial charge in [-0.25, -0.2) is 10.2 Å². The van der Waals surface area contributed by atoms with Crippen LogP contribution in [0.4, 0.5) is 5.95 Å². The summed E-state index contributed by atoms with van der Waals surface area (Å²) in [6, 6.07) is 15.7. The van der Waals surface area contributed by atoms with Gasteiger partial charge in [-0.15, -0.1) is 0 Å². The Morgan fingerprint density at radius 2 is 1.79 bits per heavy atom. The van der Waals surface area contributed by atoms with E-state index in [2.05, 4.69) is 15.5 Å². The van der Waals surface area contributed by atoms with Crippen LogP contribution in [-0.4, -0.2) is 47.8 Å². The average molecular weight is 464 g/mol. The van der Waals surface area contributed by atoms with E-state index in [9.17, 15) is 19.8 Å². The van der Waals surface area contributed by atoms with Gasteiger partial charge >= 0.3 is 5.69 Å². The van der Waals surface area contributed by atoms with Crippen molar-refractivity contribution in [3.05, 3.63) is 81.0 Å². The van der Waals surface area contributed by atoms with Crippen molar-refractivity contribution in [2.45, 2.75) is 12.6 Å². The Labute approximate surface area is 193 Å². The van der Waals surface area contributed by atoms with Gasteiger partial charge in [0.2, 0.25) is 5.95 Å². The number of nitrogens with zero attached hydrogens (tertiary/aromatic N) is 5. The first-order valence-corrected chi connectivity index (χ1v) is 10.5. The summed E-state index contributed by atoms with van der Waals surface area (Å²) >= 11 is 0. The zero-order chi connectivity index (χ0) is 24.2. The third-order valence-corrected chi connectivity index (χ3v) is 5.23. The number of anilines is 1. The number of aromatic hydroxyl groups is 1. The number of hydrazone groups is 1. The van der Waals surface area contributed by atoms with Crippen LogP contribution in [0, 0.1) is 0 Å². The summed E-state index contributed by atoms with van der Waals surface area (Å²) in [4.78, 5) is 29.7. The molecule has 4 rings (SSSR count). The van der Waals surface area contributed by atoms with Crippen LogP contribution in [0.1, 0.15) is 5.56 Å². The van der Waals surface area contributed by atoms with Crippen LogP contribution in [0.3, 0.4) is 0 Å². The molecular weight excluding hydrogens is 440 g/mol. The minimum Gasteiger partial charge on any atom is -0.507 e. The Hall–Kier alpha value is -4.38. The van der Waals surface area contributed by atoms with E-state index in [1.54, 1.807) is 30.3 Å². The summed E-state index contributed by atoms with van der Waals surface area (Å²) in [6.07, 6.45) is 0.396. The minimum atomic E-state index is -0.998. The fourth-order valence-corrected chi connectivity index (χ4v) is 3.44. The summed E-state index contributed by atoms with van der Waals surface area (Å²) in [5.41, 5.74) is 2.40. The highest BCUT2D eigenvalue weighted by atomic mass is 16.5. The van der Waals surface area contributed by atoms with E-state index in [0.717, 1.165) is 4.57 Å². The molecule has 0 amide bonds. The number of benzene rings is 2. The average Bonchev–Trinajstić information content (AvgIpc) is 3.20. The van der Waals surface area contributed by atoms with Crippen LogP contribution < -0.4 is 21.4 Å². The zero-order valence-electron chi connectivity index (χ0n) is 18.6. The molecule has 0 aliphatic heterocycles. The number of rotatable bonds is 8. The van der Waals surface area contributed by atoms with Gasteiger partial charge in [0, 0.05) is 19.7 Å². The minimum absolute atomic E-state index is 0.0314. The summed E-state index contributed by atoms with van der Waals surface area (Å²) in [6.45, 7) is -0.0818. The maximum absolute atomic E-state index is 12.9. The largest absolute Gasteiger partial charge is 0.507 e. The normalized spacial score (nSPS) is 12.3. The van der Waals surface area contributed by atoms with Gasteiger partial charge in [0.05, 0.1) is 12.8 Å². The number of ether oxygens (including phenoxy) is 1. The lowest BCUT2D eigenvalue weighted by atomic mass is 10.2. The molecule has 0 aliphatic carbocycles. The predicted octanol–water partition coefficient (Wildman–Crippen LogP) is 1.03. The quantitative estimate of drug-likeness (QED) is 0.262. The van der Waals surface area contributed by atoms with Crippen molar-refractivity contribution in [1.29, 1.82) is 0 Å². The highest BCUT2D eigenvalue weighted by molar-refractivity contribution is 5.83. The lowest BCUT2D eigenvalue weighted by molar-refractivity contribution is 0.0938. The van der Waals surface area contributed by atoms with Crippen molar-refractivity contribution in [3.8, 4) is 11.5 Å². The third kappa shape index (κ3) is 4.55. The van der Waals surface area contributed by atoms with Gasteiger partial charge < -0.3 is 19.5 Å². The maximum atomic E-state index is 12.9. The first kappa shape index (κ1) is 22.8. The molecule has 1 atom stereocenters. The van der Waals surface area contributed by atoms with Crippen molar-refractivity contribution < 1.29 is 14.9 Å². The molecule has 0 radical (unpaired) electrons. The standard InChI is InChI=1S/C23H24N6O5/c1-27-20-19(21(32)28(2)23(27)33)29(13-16(30)14-34-17-9-4-3-5-10-17)22(25-20)26-24-12-15-8-6-7-11-18(15)31/h3-12,16,30-31H,13-14H2,1-2H3,(H,25,26)/b24-12+. The number of hydrogen-bond acceptors (Lipinski definition) is 8. The number of phenols is 1. The Balaban J connectivity index is 1.68. The molecular formula is C23H24N6O5. The summed E-state index contributed by atoms with van der Waals surface area (Å²) in [5.74, 6) is 0.783. The lowest BCUT2D eigenvalue weighted by Gasteiger charge is -2.15. The van der Waals surface area contributed by atoms with E-state index in [0.29, 0.717) is 11.3 Å². The van der Waals surface area contributed by atoms with Crippen LogP contribution in [0.5, 0.6) is 11.5 Å². The molecule has 0 aliphatic rings. The third-order valence-electron chi connectivity index (χ3n) is 5.23. The molecule has 0 saturated heterocycles. The Bertz CT molecular complexity index is 1450. The molecule has 11 heteroatoms. The smallest absolute Gasteiger partial charge is 0.332 e. The molecule has 34 heavy (non-hydrogen) atoms. The van der Waals surface area contributed by atoms with Crippen LogP contribution in [0.2, 0.25) is 0 Å². The molecule has 3 N–H and O–H groups in total. The molecule has 0 saturated carbocycles. The highest BCUT2D eigenvalue weighted by Crippen LogP contribution is 2.18. The maximum Gasteiger partial charge on any atom is 0.332 e.